The van der Waals surface area contributed by atoms with E-state index < -0.39 is 0 Å². The van der Waals surface area contributed by atoms with Crippen LogP contribution >= 0.6 is 0 Å². The van der Waals surface area contributed by atoms with Gasteiger partial charge in [0.2, 0.25) is 5.91 Å². The second-order valence-corrected chi connectivity index (χ2v) is 4.42. The number of hydrogen-bond donors (Lipinski definition) is 1. The first-order valence-corrected chi connectivity index (χ1v) is 6.52. The van der Waals surface area contributed by atoms with Crippen LogP contribution in [0.15, 0.2) is 54.6 Å². The first-order valence-electron chi connectivity index (χ1n) is 6.52. The highest BCUT2D eigenvalue weighted by Gasteiger charge is 2.01. The van der Waals surface area contributed by atoms with E-state index in [2.05, 4.69) is 5.32 Å². The van der Waals surface area contributed by atoms with Crippen molar-refractivity contribution in [2.75, 3.05) is 7.11 Å². The minimum Gasteiger partial charge on any atom is -0.497 e. The minimum absolute atomic E-state index is 0.161. The van der Waals surface area contributed by atoms with Crippen LogP contribution in [0.5, 0.6) is 5.75 Å². The Morgan fingerprint density at radius 1 is 1.24 bits per heavy atom. The average Bonchev–Trinajstić information content (AvgIpc) is 2.52. The highest BCUT2D eigenvalue weighted by molar-refractivity contribution is 5.91. The van der Waals surface area contributed by atoms with E-state index in [9.17, 15) is 9.18 Å². The highest BCUT2D eigenvalue weighted by atomic mass is 19.1. The highest BCUT2D eigenvalue weighted by Crippen LogP contribution is 2.13. The van der Waals surface area contributed by atoms with Crippen LogP contribution in [0.1, 0.15) is 11.1 Å². The van der Waals surface area contributed by atoms with Crippen molar-refractivity contribution >= 4 is 12.0 Å². The van der Waals surface area contributed by atoms with Gasteiger partial charge in [-0.2, -0.15) is 0 Å². The maximum atomic E-state index is 13.4. The first kappa shape index (κ1) is 14.8. The molecule has 0 atom stereocenters. The van der Waals surface area contributed by atoms with Crippen molar-refractivity contribution < 1.29 is 13.9 Å². The summed E-state index contributed by atoms with van der Waals surface area (Å²) >= 11 is 0. The molecule has 0 spiro atoms. The quantitative estimate of drug-likeness (QED) is 0.857. The lowest BCUT2D eigenvalue weighted by molar-refractivity contribution is -0.116. The smallest absolute Gasteiger partial charge is 0.244 e. The topological polar surface area (TPSA) is 38.3 Å². The molecule has 2 rings (SSSR count). The third-order valence-corrected chi connectivity index (χ3v) is 2.93. The molecule has 0 saturated heterocycles. The molecule has 0 saturated carbocycles. The summed E-state index contributed by atoms with van der Waals surface area (Å²) in [6, 6.07) is 13.7. The summed E-state index contributed by atoms with van der Waals surface area (Å²) in [4.78, 5) is 11.7. The van der Waals surface area contributed by atoms with Gasteiger partial charge in [-0.1, -0.05) is 30.3 Å². The lowest BCUT2D eigenvalue weighted by Gasteiger charge is -2.04. The number of amides is 1. The van der Waals surface area contributed by atoms with Crippen LogP contribution in [0.2, 0.25) is 0 Å². The summed E-state index contributed by atoms with van der Waals surface area (Å²) in [5, 5.41) is 2.64. The molecule has 0 aliphatic heterocycles. The Balaban J connectivity index is 1.92. The van der Waals surface area contributed by atoms with Gasteiger partial charge in [-0.15, -0.1) is 0 Å². The number of benzene rings is 2. The van der Waals surface area contributed by atoms with E-state index in [1.165, 1.54) is 12.1 Å². The molecule has 0 heterocycles. The van der Waals surface area contributed by atoms with Crippen molar-refractivity contribution in [3.63, 3.8) is 0 Å². The number of ether oxygens (including phenoxy) is 1. The molecular formula is C17H16FNO2. The van der Waals surface area contributed by atoms with E-state index in [1.807, 2.05) is 24.3 Å². The molecule has 0 bridgehead atoms. The Morgan fingerprint density at radius 3 is 2.81 bits per heavy atom. The van der Waals surface area contributed by atoms with Gasteiger partial charge in [-0.25, -0.2) is 4.39 Å². The van der Waals surface area contributed by atoms with Crippen molar-refractivity contribution in [1.29, 1.82) is 0 Å². The first-order chi connectivity index (χ1) is 10.2. The van der Waals surface area contributed by atoms with Crippen molar-refractivity contribution in [2.24, 2.45) is 0 Å². The fraction of sp³-hybridized carbons (Fsp3) is 0.118. The zero-order valence-corrected chi connectivity index (χ0v) is 11.7. The van der Waals surface area contributed by atoms with Gasteiger partial charge >= 0.3 is 0 Å². The van der Waals surface area contributed by atoms with Crippen LogP contribution in [-0.4, -0.2) is 13.0 Å². The predicted molar refractivity (Wildman–Crippen MR) is 80.3 cm³/mol. The molecular weight excluding hydrogens is 269 g/mol. The molecule has 4 heteroatoms. The number of carbonyl (C=O) groups excluding carboxylic acids is 1. The maximum Gasteiger partial charge on any atom is 0.244 e. The van der Waals surface area contributed by atoms with E-state index in [1.54, 1.807) is 31.4 Å². The van der Waals surface area contributed by atoms with Crippen molar-refractivity contribution in [1.82, 2.24) is 5.32 Å². The number of nitrogens with one attached hydrogen (secondary N) is 1. The predicted octanol–water partition coefficient (Wildman–Crippen LogP) is 3.16. The summed E-state index contributed by atoms with van der Waals surface area (Å²) in [7, 11) is 1.59. The molecule has 0 radical (unpaired) electrons. The van der Waals surface area contributed by atoms with Gasteiger partial charge in [-0.3, -0.25) is 4.79 Å². The van der Waals surface area contributed by atoms with Crippen LogP contribution in [0.4, 0.5) is 4.39 Å². The Hall–Kier alpha value is -2.62. The molecule has 1 N–H and O–H groups in total. The molecule has 3 nitrogen and oxygen atoms in total. The molecule has 2 aromatic rings. The molecule has 21 heavy (non-hydrogen) atoms. The number of hydrogen-bond acceptors (Lipinski definition) is 2. The number of methoxy groups -OCH3 is 1. The Morgan fingerprint density at radius 2 is 2.05 bits per heavy atom. The second kappa shape index (κ2) is 7.24. The van der Waals surface area contributed by atoms with Crippen LogP contribution in [0.3, 0.4) is 0 Å². The molecule has 0 aliphatic rings. The normalized spacial score (nSPS) is 10.6. The Labute approximate surface area is 123 Å². The van der Waals surface area contributed by atoms with E-state index in [0.29, 0.717) is 5.56 Å². The number of carbonyl (C=O) groups is 1. The van der Waals surface area contributed by atoms with Crippen molar-refractivity contribution in [3.05, 3.63) is 71.6 Å². The van der Waals surface area contributed by atoms with Gasteiger partial charge in [0.15, 0.2) is 0 Å². The molecule has 0 aliphatic carbocycles. The lowest BCUT2D eigenvalue weighted by Crippen LogP contribution is -2.20. The van der Waals surface area contributed by atoms with Crippen molar-refractivity contribution in [2.45, 2.75) is 6.54 Å². The zero-order valence-electron chi connectivity index (χ0n) is 11.7. The largest absolute Gasteiger partial charge is 0.497 e. The molecule has 0 unspecified atom stereocenters. The van der Waals surface area contributed by atoms with Crippen LogP contribution in [-0.2, 0) is 11.3 Å². The SMILES string of the molecule is COc1cccc(/C=C\C(=O)NCc2ccccc2F)c1. The molecule has 108 valence electrons. The van der Waals surface area contributed by atoms with E-state index in [0.717, 1.165) is 11.3 Å². The Kier molecular flexibility index (Phi) is 5.10. The summed E-state index contributed by atoms with van der Waals surface area (Å²) in [6.45, 7) is 0.161. The standard InChI is InChI=1S/C17H16FNO2/c1-21-15-7-4-5-13(11-15)9-10-17(20)19-12-14-6-2-3-8-16(14)18/h2-11H,12H2,1H3,(H,19,20)/b10-9-. The van der Waals surface area contributed by atoms with Gasteiger partial charge in [0, 0.05) is 18.2 Å². The summed E-state index contributed by atoms with van der Waals surface area (Å²) in [5.74, 6) is 0.125. The van der Waals surface area contributed by atoms with Crippen LogP contribution < -0.4 is 10.1 Å². The van der Waals surface area contributed by atoms with E-state index in [-0.39, 0.29) is 18.3 Å². The summed E-state index contributed by atoms with van der Waals surface area (Å²) < 4.78 is 18.5. The van der Waals surface area contributed by atoms with Gasteiger partial charge in [0.1, 0.15) is 11.6 Å². The van der Waals surface area contributed by atoms with E-state index in [4.69, 9.17) is 4.74 Å². The average molecular weight is 285 g/mol. The third-order valence-electron chi connectivity index (χ3n) is 2.93. The number of halogens is 1. The monoisotopic (exact) mass is 285 g/mol. The molecule has 1 amide bonds. The molecule has 0 fully saturated rings. The van der Waals surface area contributed by atoms with Gasteiger partial charge in [0.05, 0.1) is 7.11 Å². The molecule has 2 aromatic carbocycles. The van der Waals surface area contributed by atoms with E-state index >= 15 is 0 Å². The Bertz CT molecular complexity index is 653. The van der Waals surface area contributed by atoms with Gasteiger partial charge in [0.25, 0.3) is 0 Å². The molecule has 0 aromatic heterocycles. The van der Waals surface area contributed by atoms with Crippen LogP contribution in [0, 0.1) is 5.82 Å². The maximum absolute atomic E-state index is 13.4. The zero-order chi connectivity index (χ0) is 15.1. The van der Waals surface area contributed by atoms with Gasteiger partial charge < -0.3 is 10.1 Å². The van der Waals surface area contributed by atoms with Crippen molar-refractivity contribution in [3.8, 4) is 5.75 Å². The third kappa shape index (κ3) is 4.45. The summed E-state index contributed by atoms with van der Waals surface area (Å²) in [6.07, 6.45) is 3.09. The lowest BCUT2D eigenvalue weighted by atomic mass is 10.2. The van der Waals surface area contributed by atoms with Crippen LogP contribution in [0.25, 0.3) is 6.08 Å². The fourth-order valence-electron chi connectivity index (χ4n) is 1.80. The minimum atomic E-state index is -0.324. The second-order valence-electron chi connectivity index (χ2n) is 4.42. The fourth-order valence-corrected chi connectivity index (χ4v) is 1.80. The van der Waals surface area contributed by atoms with Gasteiger partial charge in [-0.05, 0) is 29.8 Å². The number of rotatable bonds is 5. The summed E-state index contributed by atoms with van der Waals surface area (Å²) in [5.41, 5.74) is 1.32.